The van der Waals surface area contributed by atoms with Gasteiger partial charge in [-0.1, -0.05) is 0 Å². The Labute approximate surface area is 184 Å². The lowest BCUT2D eigenvalue weighted by atomic mass is 9.78. The minimum absolute atomic E-state index is 0.0151. The van der Waals surface area contributed by atoms with Crippen molar-refractivity contribution in [2.24, 2.45) is 5.41 Å². The number of hydrogen-bond acceptors (Lipinski definition) is 4. The van der Waals surface area contributed by atoms with Crippen molar-refractivity contribution in [1.82, 2.24) is 4.90 Å². The van der Waals surface area contributed by atoms with Gasteiger partial charge in [0, 0.05) is 37.1 Å². The molecular weight excluding hydrogens is 427 g/mol. The lowest BCUT2D eigenvalue weighted by molar-refractivity contribution is -0.139. The number of amides is 2. The van der Waals surface area contributed by atoms with Crippen LogP contribution < -0.4 is 10.2 Å². The summed E-state index contributed by atoms with van der Waals surface area (Å²) in [7, 11) is 0. The number of aliphatic hydroxyl groups is 1. The quantitative estimate of drug-likeness (QED) is 0.643. The average molecular weight is 455 g/mol. The van der Waals surface area contributed by atoms with E-state index < -0.39 is 23.2 Å². The van der Waals surface area contributed by atoms with Gasteiger partial charge >= 0.3 is 12.3 Å². The SMILES string of the molecule is O=C(O)Nc1ccc(N2CCC[C@]3(CCN([C@H]4CC[C@H](O)CC4)C3=O)C2)c(C(F)(F)F)c1. The van der Waals surface area contributed by atoms with Gasteiger partial charge in [0.25, 0.3) is 0 Å². The molecule has 1 aromatic carbocycles. The highest BCUT2D eigenvalue weighted by Crippen LogP contribution is 2.46. The number of nitrogens with zero attached hydrogens (tertiary/aromatic N) is 2. The topological polar surface area (TPSA) is 93.1 Å². The molecule has 1 spiro atoms. The van der Waals surface area contributed by atoms with E-state index in [0.717, 1.165) is 18.9 Å². The molecule has 10 heteroatoms. The molecule has 2 saturated heterocycles. The van der Waals surface area contributed by atoms with E-state index in [1.807, 2.05) is 10.2 Å². The molecular formula is C22H28F3N3O4. The maximum atomic E-state index is 13.8. The van der Waals surface area contributed by atoms with Gasteiger partial charge in [-0.05, 0) is 63.1 Å². The summed E-state index contributed by atoms with van der Waals surface area (Å²) in [5, 5.41) is 20.6. The first-order valence-electron chi connectivity index (χ1n) is 11.0. The predicted molar refractivity (Wildman–Crippen MR) is 112 cm³/mol. The molecule has 2 heterocycles. The van der Waals surface area contributed by atoms with E-state index in [9.17, 15) is 27.9 Å². The molecule has 4 rings (SSSR count). The van der Waals surface area contributed by atoms with Crippen LogP contribution >= 0.6 is 0 Å². The first-order valence-corrected chi connectivity index (χ1v) is 11.0. The van der Waals surface area contributed by atoms with Crippen LogP contribution in [0.4, 0.5) is 29.3 Å². The number of carbonyl (C=O) groups is 2. The number of nitrogens with one attached hydrogen (secondary N) is 1. The molecule has 1 atom stereocenters. The van der Waals surface area contributed by atoms with E-state index in [1.54, 1.807) is 4.90 Å². The van der Waals surface area contributed by atoms with Crippen molar-refractivity contribution in [3.63, 3.8) is 0 Å². The Bertz CT molecular complexity index is 886. The Morgan fingerprint density at radius 1 is 1.12 bits per heavy atom. The first-order chi connectivity index (χ1) is 15.1. The van der Waals surface area contributed by atoms with Gasteiger partial charge in [0.15, 0.2) is 0 Å². The van der Waals surface area contributed by atoms with Crippen molar-refractivity contribution in [1.29, 1.82) is 0 Å². The zero-order valence-corrected chi connectivity index (χ0v) is 17.7. The molecule has 3 aliphatic rings. The molecule has 3 fully saturated rings. The van der Waals surface area contributed by atoms with Crippen LogP contribution in [0.25, 0.3) is 0 Å². The van der Waals surface area contributed by atoms with Crippen LogP contribution in [0, 0.1) is 5.41 Å². The highest BCUT2D eigenvalue weighted by atomic mass is 19.4. The molecule has 1 aromatic rings. The van der Waals surface area contributed by atoms with Crippen LogP contribution in [0.5, 0.6) is 0 Å². The Morgan fingerprint density at radius 3 is 2.50 bits per heavy atom. The molecule has 3 N–H and O–H groups in total. The van der Waals surface area contributed by atoms with Crippen LogP contribution in [-0.4, -0.2) is 58.9 Å². The van der Waals surface area contributed by atoms with Crippen LogP contribution in [0.2, 0.25) is 0 Å². The lowest BCUT2D eigenvalue weighted by Gasteiger charge is -2.42. The fraction of sp³-hybridized carbons (Fsp3) is 0.636. The molecule has 0 unspecified atom stereocenters. The number of carboxylic acid groups (broad SMARTS) is 1. The maximum Gasteiger partial charge on any atom is 0.418 e. The van der Waals surface area contributed by atoms with Crippen LogP contribution in [-0.2, 0) is 11.0 Å². The summed E-state index contributed by atoms with van der Waals surface area (Å²) in [6.07, 6.45) is -1.71. The Kier molecular flexibility index (Phi) is 6.00. The van der Waals surface area contributed by atoms with Crippen molar-refractivity contribution >= 4 is 23.4 Å². The van der Waals surface area contributed by atoms with Crippen LogP contribution in [0.15, 0.2) is 18.2 Å². The summed E-state index contributed by atoms with van der Waals surface area (Å²) in [5.74, 6) is 0.0151. The second-order valence-electron chi connectivity index (χ2n) is 9.18. The van der Waals surface area contributed by atoms with E-state index in [4.69, 9.17) is 5.11 Å². The monoisotopic (exact) mass is 455 g/mol. The molecule has 2 aliphatic heterocycles. The highest BCUT2D eigenvalue weighted by Gasteiger charge is 2.51. The van der Waals surface area contributed by atoms with Gasteiger partial charge in [-0.2, -0.15) is 13.2 Å². The molecule has 0 aromatic heterocycles. The Morgan fingerprint density at radius 2 is 1.84 bits per heavy atom. The number of likely N-dealkylation sites (tertiary alicyclic amines) is 1. The highest BCUT2D eigenvalue weighted by molar-refractivity contribution is 5.87. The summed E-state index contributed by atoms with van der Waals surface area (Å²) in [5.41, 5.74) is -1.79. The number of halogens is 3. The fourth-order valence-corrected chi connectivity index (χ4v) is 5.52. The van der Waals surface area contributed by atoms with Gasteiger partial charge in [-0.25, -0.2) is 4.79 Å². The van der Waals surface area contributed by atoms with Gasteiger partial charge in [0.05, 0.1) is 17.1 Å². The van der Waals surface area contributed by atoms with Gasteiger partial charge in [0.2, 0.25) is 5.91 Å². The summed E-state index contributed by atoms with van der Waals surface area (Å²) < 4.78 is 41.4. The molecule has 0 bridgehead atoms. The molecule has 2 amide bonds. The molecule has 7 nitrogen and oxygen atoms in total. The average Bonchev–Trinajstić information content (AvgIpc) is 3.03. The first kappa shape index (κ1) is 22.7. The normalized spacial score (nSPS) is 28.9. The number of rotatable bonds is 3. The van der Waals surface area contributed by atoms with E-state index in [-0.39, 0.29) is 36.0 Å². The molecule has 32 heavy (non-hydrogen) atoms. The predicted octanol–water partition coefficient (Wildman–Crippen LogP) is 3.92. The Balaban J connectivity index is 1.56. The van der Waals surface area contributed by atoms with Gasteiger partial charge in [-0.3, -0.25) is 10.1 Å². The number of hydrogen-bond donors (Lipinski definition) is 3. The lowest BCUT2D eigenvalue weighted by Crippen LogP contribution is -2.50. The number of piperidine rings is 1. The van der Waals surface area contributed by atoms with Crippen molar-refractivity contribution in [2.45, 2.75) is 63.3 Å². The Hall–Kier alpha value is -2.49. The van der Waals surface area contributed by atoms with Crippen molar-refractivity contribution < 1.29 is 33.0 Å². The number of carbonyl (C=O) groups excluding carboxylic acids is 1. The van der Waals surface area contributed by atoms with E-state index in [0.29, 0.717) is 45.2 Å². The standard InChI is InChI=1S/C22H28F3N3O4/c23-22(24,25)17-12-14(26-20(31)32)2-7-18(17)27-10-1-8-21(13-27)9-11-28(19(21)30)15-3-5-16(29)6-4-15/h2,7,12,15-16,26,29H,1,3-6,8-11,13H2,(H,31,32)/t15-,16-,21-/m0/s1. The number of aliphatic hydroxyl groups excluding tert-OH is 1. The maximum absolute atomic E-state index is 13.8. The summed E-state index contributed by atoms with van der Waals surface area (Å²) in [4.78, 5) is 27.8. The minimum atomic E-state index is -4.66. The second-order valence-corrected chi connectivity index (χ2v) is 9.18. The number of benzene rings is 1. The van der Waals surface area contributed by atoms with E-state index in [2.05, 4.69) is 0 Å². The zero-order valence-electron chi connectivity index (χ0n) is 17.7. The zero-order chi connectivity index (χ0) is 23.1. The fourth-order valence-electron chi connectivity index (χ4n) is 5.52. The molecule has 1 aliphatic carbocycles. The largest absolute Gasteiger partial charge is 0.465 e. The molecule has 0 radical (unpaired) electrons. The smallest absolute Gasteiger partial charge is 0.418 e. The second kappa shape index (κ2) is 8.46. The van der Waals surface area contributed by atoms with Gasteiger partial charge < -0.3 is 20.0 Å². The third kappa shape index (κ3) is 4.37. The summed E-state index contributed by atoms with van der Waals surface area (Å²) in [6, 6.07) is 3.50. The third-order valence-corrected chi connectivity index (χ3v) is 7.12. The van der Waals surface area contributed by atoms with E-state index in [1.165, 1.54) is 12.1 Å². The van der Waals surface area contributed by atoms with Crippen molar-refractivity contribution in [3.05, 3.63) is 23.8 Å². The number of anilines is 2. The molecule has 176 valence electrons. The number of alkyl halides is 3. The van der Waals surface area contributed by atoms with Crippen molar-refractivity contribution in [3.8, 4) is 0 Å². The third-order valence-electron chi connectivity index (χ3n) is 7.12. The van der Waals surface area contributed by atoms with E-state index >= 15 is 0 Å². The van der Waals surface area contributed by atoms with Crippen LogP contribution in [0.3, 0.4) is 0 Å². The van der Waals surface area contributed by atoms with Gasteiger partial charge in [-0.15, -0.1) is 0 Å². The van der Waals surface area contributed by atoms with Crippen LogP contribution in [0.1, 0.15) is 50.5 Å². The summed E-state index contributed by atoms with van der Waals surface area (Å²) in [6.45, 7) is 1.22. The minimum Gasteiger partial charge on any atom is -0.465 e. The van der Waals surface area contributed by atoms with Gasteiger partial charge in [0.1, 0.15) is 0 Å². The van der Waals surface area contributed by atoms with Crippen molar-refractivity contribution in [2.75, 3.05) is 29.9 Å². The molecule has 1 saturated carbocycles. The summed E-state index contributed by atoms with van der Waals surface area (Å²) >= 11 is 0.